The number of esters is 1. The molecule has 43 heavy (non-hydrogen) atoms. The van der Waals surface area contributed by atoms with Gasteiger partial charge in [0.15, 0.2) is 17.3 Å². The summed E-state index contributed by atoms with van der Waals surface area (Å²) in [6, 6.07) is 17.8. The second-order valence-electron chi connectivity index (χ2n) is 11.0. The first kappa shape index (κ1) is 30.0. The zero-order valence-corrected chi connectivity index (χ0v) is 24.4. The summed E-state index contributed by atoms with van der Waals surface area (Å²) in [5.74, 6) is 1.11. The van der Waals surface area contributed by atoms with Crippen molar-refractivity contribution in [2.75, 3.05) is 27.3 Å². The maximum absolute atomic E-state index is 13.1. The van der Waals surface area contributed by atoms with E-state index < -0.39 is 12.1 Å². The van der Waals surface area contributed by atoms with Crippen molar-refractivity contribution in [3.63, 3.8) is 0 Å². The third-order valence-corrected chi connectivity index (χ3v) is 7.78. The summed E-state index contributed by atoms with van der Waals surface area (Å²) in [6.45, 7) is 1.56. The minimum atomic E-state index is -1.11. The Morgan fingerprint density at radius 3 is 2.40 bits per heavy atom. The van der Waals surface area contributed by atoms with Crippen LogP contribution in [0.25, 0.3) is 6.08 Å². The van der Waals surface area contributed by atoms with Crippen molar-refractivity contribution >= 4 is 23.7 Å². The molecule has 1 saturated carbocycles. The third kappa shape index (κ3) is 7.87. The average Bonchev–Trinajstić information content (AvgIpc) is 3.84. The van der Waals surface area contributed by atoms with Crippen molar-refractivity contribution in [1.29, 1.82) is 0 Å². The van der Waals surface area contributed by atoms with Gasteiger partial charge in [-0.25, -0.2) is 0 Å². The molecule has 0 spiro atoms. The van der Waals surface area contributed by atoms with E-state index in [1.54, 1.807) is 30.2 Å². The number of pyridine rings is 1. The number of carbonyl (C=O) groups is 3. The van der Waals surface area contributed by atoms with Crippen molar-refractivity contribution in [3.05, 3.63) is 94.8 Å². The quantitative estimate of drug-likeness (QED) is 0.228. The van der Waals surface area contributed by atoms with Crippen LogP contribution in [0.2, 0.25) is 0 Å². The third-order valence-electron chi connectivity index (χ3n) is 7.78. The topological polar surface area (TPSA) is 115 Å². The minimum absolute atomic E-state index is 0.166. The molecule has 0 unspecified atom stereocenters. The number of rotatable bonds is 13. The molecular formula is C34H36N2O7. The fraction of sp³-hybridized carbons (Fsp3) is 0.353. The lowest BCUT2D eigenvalue weighted by molar-refractivity contribution is -0.143. The van der Waals surface area contributed by atoms with Gasteiger partial charge in [-0.05, 0) is 71.4 Å². The number of aromatic nitrogens is 1. The molecule has 224 valence electrons. The van der Waals surface area contributed by atoms with E-state index in [2.05, 4.69) is 34.0 Å². The number of amides is 1. The molecule has 5 rings (SSSR count). The largest absolute Gasteiger partial charge is 0.493 e. The van der Waals surface area contributed by atoms with Gasteiger partial charge < -0.3 is 24.2 Å². The van der Waals surface area contributed by atoms with Crippen LogP contribution in [0.5, 0.6) is 11.5 Å². The van der Waals surface area contributed by atoms with Gasteiger partial charge in [0.05, 0.1) is 26.7 Å². The van der Waals surface area contributed by atoms with Crippen LogP contribution in [0.3, 0.4) is 0 Å². The molecular weight excluding hydrogens is 548 g/mol. The van der Waals surface area contributed by atoms with Crippen molar-refractivity contribution in [2.24, 2.45) is 0 Å². The van der Waals surface area contributed by atoms with Crippen LogP contribution >= 0.6 is 0 Å². The molecule has 1 aromatic heterocycles. The first-order valence-electron chi connectivity index (χ1n) is 14.4. The molecule has 2 aromatic carbocycles. The van der Waals surface area contributed by atoms with E-state index in [4.69, 9.17) is 9.47 Å². The first-order chi connectivity index (χ1) is 20.8. The molecule has 1 N–H and O–H groups in total. The Morgan fingerprint density at radius 2 is 1.70 bits per heavy atom. The highest BCUT2D eigenvalue weighted by atomic mass is 16.5. The monoisotopic (exact) mass is 584 g/mol. The summed E-state index contributed by atoms with van der Waals surface area (Å²) < 4.78 is 16.2. The molecule has 9 heteroatoms. The average molecular weight is 585 g/mol. The van der Waals surface area contributed by atoms with Gasteiger partial charge in [0.2, 0.25) is 0 Å². The fourth-order valence-corrected chi connectivity index (χ4v) is 5.04. The molecule has 1 amide bonds. The van der Waals surface area contributed by atoms with Crippen LogP contribution in [0.15, 0.2) is 66.9 Å². The Kier molecular flexibility index (Phi) is 9.51. The van der Waals surface area contributed by atoms with Gasteiger partial charge in [-0.1, -0.05) is 36.4 Å². The Bertz CT molecular complexity index is 1490. The van der Waals surface area contributed by atoms with Gasteiger partial charge in [-0.2, -0.15) is 0 Å². The Balaban J connectivity index is 1.12. The number of benzene rings is 2. The molecule has 3 aromatic rings. The van der Waals surface area contributed by atoms with E-state index in [0.29, 0.717) is 36.8 Å². The van der Waals surface area contributed by atoms with Crippen LogP contribution in [0.4, 0.5) is 0 Å². The zero-order valence-electron chi connectivity index (χ0n) is 24.4. The summed E-state index contributed by atoms with van der Waals surface area (Å²) >= 11 is 0. The number of nitrogens with zero attached hydrogens (tertiary/aromatic N) is 2. The van der Waals surface area contributed by atoms with Gasteiger partial charge >= 0.3 is 5.97 Å². The van der Waals surface area contributed by atoms with Gasteiger partial charge in [-0.15, -0.1) is 0 Å². The van der Waals surface area contributed by atoms with E-state index in [9.17, 15) is 19.5 Å². The van der Waals surface area contributed by atoms with Crippen LogP contribution in [-0.4, -0.2) is 66.1 Å². The molecule has 9 nitrogen and oxygen atoms in total. The number of hydrogen-bond donors (Lipinski definition) is 1. The summed E-state index contributed by atoms with van der Waals surface area (Å²) in [5, 5.41) is 9.84. The van der Waals surface area contributed by atoms with Crippen molar-refractivity contribution in [2.45, 2.75) is 50.2 Å². The molecule has 0 radical (unpaired) electrons. The van der Waals surface area contributed by atoms with Gasteiger partial charge in [0.1, 0.15) is 12.3 Å². The van der Waals surface area contributed by atoms with E-state index >= 15 is 0 Å². The summed E-state index contributed by atoms with van der Waals surface area (Å²) in [7, 11) is 2.85. The van der Waals surface area contributed by atoms with Gasteiger partial charge in [0.25, 0.3) is 5.91 Å². The normalized spacial score (nSPS) is 15.6. The number of methoxy groups -OCH3 is 2. The number of ketones is 1. The Labute approximate surface area is 251 Å². The predicted molar refractivity (Wildman–Crippen MR) is 160 cm³/mol. The van der Waals surface area contributed by atoms with Crippen molar-refractivity contribution in [1.82, 2.24) is 9.88 Å². The fourth-order valence-electron chi connectivity index (χ4n) is 5.04. The highest BCUT2D eigenvalue weighted by Crippen LogP contribution is 2.40. The lowest BCUT2D eigenvalue weighted by Crippen LogP contribution is -2.48. The first-order valence-corrected chi connectivity index (χ1v) is 14.4. The summed E-state index contributed by atoms with van der Waals surface area (Å²) in [5.41, 5.74) is 4.49. The molecule has 2 heterocycles. The van der Waals surface area contributed by atoms with Crippen LogP contribution in [0, 0.1) is 0 Å². The minimum Gasteiger partial charge on any atom is -0.493 e. The molecule has 1 saturated heterocycles. The van der Waals surface area contributed by atoms with Crippen molar-refractivity contribution < 1.29 is 33.7 Å². The van der Waals surface area contributed by atoms with Gasteiger partial charge in [-0.3, -0.25) is 19.4 Å². The summed E-state index contributed by atoms with van der Waals surface area (Å²) in [4.78, 5) is 42.4. The molecule has 1 atom stereocenters. The number of carbonyl (C=O) groups excluding carboxylic acids is 3. The number of allylic oxidation sites excluding steroid dienone is 1. The maximum atomic E-state index is 13.1. The predicted octanol–water partition coefficient (Wildman–Crippen LogP) is 4.68. The van der Waals surface area contributed by atoms with E-state index in [1.165, 1.54) is 37.8 Å². The highest BCUT2D eigenvalue weighted by molar-refractivity contribution is 5.96. The zero-order chi connectivity index (χ0) is 30.3. The van der Waals surface area contributed by atoms with Crippen LogP contribution in [0.1, 0.15) is 70.3 Å². The van der Waals surface area contributed by atoms with E-state index in [-0.39, 0.29) is 36.1 Å². The second kappa shape index (κ2) is 13.6. The van der Waals surface area contributed by atoms with Crippen LogP contribution < -0.4 is 9.47 Å². The summed E-state index contributed by atoms with van der Waals surface area (Å²) in [6.07, 6.45) is 5.39. The smallest absolute Gasteiger partial charge is 0.308 e. The standard InChI is InChI=1S/C34H36N2O7/c1-41-32-16-26(10-12-31(32)43-21-23-3-6-24(7-4-23)25-8-9-25)27-19-36(20-27)34(40)30-15-22(13-14-35-30)5-11-28(37)17-29(38)18-33(39)42-2/h3-7,10-16,25,27,29,38H,8-9,17-21H2,1-2H3/b11-5+/t29-/m1/s1. The number of ether oxygens (including phenoxy) is 3. The second-order valence-corrected chi connectivity index (χ2v) is 11.0. The number of likely N-dealkylation sites (tertiary alicyclic amines) is 1. The molecule has 1 aliphatic heterocycles. The SMILES string of the molecule is COC(=O)C[C@H](O)CC(=O)/C=C/c1ccnc(C(=O)N2CC(c3ccc(OCc4ccc(C5CC5)cc4)c(OC)c3)C2)c1. The van der Waals surface area contributed by atoms with E-state index in [0.717, 1.165) is 17.0 Å². The highest BCUT2D eigenvalue weighted by Gasteiger charge is 2.33. The molecule has 0 bridgehead atoms. The number of aliphatic hydroxyl groups excluding tert-OH is 1. The molecule has 2 fully saturated rings. The Morgan fingerprint density at radius 1 is 0.953 bits per heavy atom. The van der Waals surface area contributed by atoms with Crippen LogP contribution in [-0.2, 0) is 20.9 Å². The molecule has 1 aliphatic carbocycles. The van der Waals surface area contributed by atoms with Gasteiger partial charge in [0, 0.05) is 31.6 Å². The maximum Gasteiger partial charge on any atom is 0.308 e. The van der Waals surface area contributed by atoms with E-state index in [1.807, 2.05) is 18.2 Å². The molecule has 2 aliphatic rings. The lowest BCUT2D eigenvalue weighted by Gasteiger charge is -2.39. The Hall–Kier alpha value is -4.50. The number of hydrogen-bond acceptors (Lipinski definition) is 8. The number of aliphatic hydroxyl groups is 1. The lowest BCUT2D eigenvalue weighted by atomic mass is 9.91. The van der Waals surface area contributed by atoms with Crippen molar-refractivity contribution in [3.8, 4) is 11.5 Å².